The van der Waals surface area contributed by atoms with Gasteiger partial charge in [-0.15, -0.1) is 0 Å². The normalized spacial score (nSPS) is 13.0. The molecule has 0 saturated heterocycles. The lowest BCUT2D eigenvalue weighted by Crippen LogP contribution is -2.29. The lowest BCUT2D eigenvalue weighted by Gasteiger charge is -2.18. The first-order valence-electron chi connectivity index (χ1n) is 10.3. The van der Waals surface area contributed by atoms with E-state index < -0.39 is 28.9 Å². The van der Waals surface area contributed by atoms with Crippen LogP contribution < -0.4 is 10.7 Å². The van der Waals surface area contributed by atoms with E-state index in [1.54, 1.807) is 11.5 Å². The number of aromatic nitrogens is 1. The van der Waals surface area contributed by atoms with Crippen molar-refractivity contribution in [2.24, 2.45) is 0 Å². The number of ether oxygens (including phenoxy) is 1. The number of carbonyl (C=O) groups excluding carboxylic acids is 2. The van der Waals surface area contributed by atoms with Crippen molar-refractivity contribution in [3.8, 4) is 11.1 Å². The number of esters is 1. The first-order valence-corrected chi connectivity index (χ1v) is 11.1. The third-order valence-electron chi connectivity index (χ3n) is 5.20. The van der Waals surface area contributed by atoms with Gasteiger partial charge in [0.25, 0.3) is 5.91 Å². The van der Waals surface area contributed by atoms with E-state index in [1.165, 1.54) is 42.6 Å². The fourth-order valence-corrected chi connectivity index (χ4v) is 3.75. The molecule has 1 N–H and O–H groups in total. The van der Waals surface area contributed by atoms with Crippen LogP contribution in [0.2, 0.25) is 0 Å². The van der Waals surface area contributed by atoms with Gasteiger partial charge in [-0.05, 0) is 71.6 Å². The standard InChI is InChI=1S/C24H19BrF2N2O4/c1-2-33-24(32)21-20(13-3-5-14(26)6-4-13)22(30)17(12-29(21)16-8-9-16)23(31)28-15-7-10-18(25)19(27)11-15/h3-7,10-12,16H,2,8-9H2,1H3,(H,28,31). The third kappa shape index (κ3) is 4.73. The molecule has 1 saturated carbocycles. The predicted molar refractivity (Wildman–Crippen MR) is 122 cm³/mol. The highest BCUT2D eigenvalue weighted by Crippen LogP contribution is 2.38. The number of amides is 1. The van der Waals surface area contributed by atoms with Gasteiger partial charge in [0.1, 0.15) is 22.9 Å². The van der Waals surface area contributed by atoms with Gasteiger partial charge in [0.05, 0.1) is 16.6 Å². The first-order chi connectivity index (χ1) is 15.8. The average molecular weight is 517 g/mol. The van der Waals surface area contributed by atoms with Crippen LogP contribution in [0.3, 0.4) is 0 Å². The van der Waals surface area contributed by atoms with E-state index in [4.69, 9.17) is 4.74 Å². The Hall–Kier alpha value is -3.33. The molecule has 6 nitrogen and oxygen atoms in total. The summed E-state index contributed by atoms with van der Waals surface area (Å²) in [6.45, 7) is 1.74. The van der Waals surface area contributed by atoms with Gasteiger partial charge in [-0.25, -0.2) is 13.6 Å². The number of rotatable bonds is 6. The van der Waals surface area contributed by atoms with Crippen molar-refractivity contribution in [3.05, 3.63) is 86.2 Å². The molecule has 1 aromatic heterocycles. The summed E-state index contributed by atoms with van der Waals surface area (Å²) in [5.74, 6) is -2.55. The Morgan fingerprint density at radius 2 is 1.85 bits per heavy atom. The van der Waals surface area contributed by atoms with Crippen LogP contribution in [-0.2, 0) is 4.74 Å². The Morgan fingerprint density at radius 3 is 2.45 bits per heavy atom. The summed E-state index contributed by atoms with van der Waals surface area (Å²) < 4.78 is 34.4. The second-order valence-electron chi connectivity index (χ2n) is 7.54. The molecular weight excluding hydrogens is 498 g/mol. The number of hydrogen-bond donors (Lipinski definition) is 1. The molecule has 0 unspecified atom stereocenters. The highest BCUT2D eigenvalue weighted by atomic mass is 79.9. The molecule has 1 fully saturated rings. The molecule has 0 spiro atoms. The van der Waals surface area contributed by atoms with Gasteiger partial charge < -0.3 is 14.6 Å². The molecule has 0 atom stereocenters. The monoisotopic (exact) mass is 516 g/mol. The highest BCUT2D eigenvalue weighted by Gasteiger charge is 2.33. The molecule has 1 heterocycles. The van der Waals surface area contributed by atoms with Crippen LogP contribution in [0.15, 0.2) is 57.9 Å². The van der Waals surface area contributed by atoms with E-state index in [9.17, 15) is 23.2 Å². The van der Waals surface area contributed by atoms with E-state index in [-0.39, 0.29) is 45.2 Å². The molecule has 4 rings (SSSR count). The summed E-state index contributed by atoms with van der Waals surface area (Å²) in [5, 5.41) is 2.53. The largest absolute Gasteiger partial charge is 0.461 e. The smallest absolute Gasteiger partial charge is 0.355 e. The SMILES string of the molecule is CCOC(=O)c1c(-c2ccc(F)cc2)c(=O)c(C(=O)Nc2ccc(Br)c(F)c2)cn1C1CC1. The number of nitrogens with zero attached hydrogens (tertiary/aromatic N) is 1. The van der Waals surface area contributed by atoms with Crippen LogP contribution in [-0.4, -0.2) is 23.1 Å². The van der Waals surface area contributed by atoms with Crippen LogP contribution in [0.5, 0.6) is 0 Å². The topological polar surface area (TPSA) is 77.4 Å². The first kappa shape index (κ1) is 22.8. The molecule has 1 amide bonds. The Labute approximate surface area is 196 Å². The minimum absolute atomic E-state index is 0.0159. The molecule has 2 aromatic carbocycles. The van der Waals surface area contributed by atoms with Crippen LogP contribution >= 0.6 is 15.9 Å². The third-order valence-corrected chi connectivity index (χ3v) is 5.84. The number of halogens is 3. The minimum atomic E-state index is -0.755. The number of carbonyl (C=O) groups is 2. The Kier molecular flexibility index (Phi) is 6.42. The zero-order valence-corrected chi connectivity index (χ0v) is 19.1. The summed E-state index contributed by atoms with van der Waals surface area (Å²) in [5.41, 5.74) is -0.523. The number of hydrogen-bond acceptors (Lipinski definition) is 4. The molecule has 1 aliphatic carbocycles. The molecule has 170 valence electrons. The maximum atomic E-state index is 13.9. The van der Waals surface area contributed by atoms with Crippen LogP contribution in [0.1, 0.15) is 46.7 Å². The van der Waals surface area contributed by atoms with Gasteiger partial charge in [0.2, 0.25) is 5.43 Å². The van der Waals surface area contributed by atoms with Crippen LogP contribution in [0, 0.1) is 11.6 Å². The molecule has 0 bridgehead atoms. The maximum absolute atomic E-state index is 13.9. The van der Waals surface area contributed by atoms with E-state index in [0.717, 1.165) is 18.9 Å². The number of nitrogens with one attached hydrogen (secondary N) is 1. The van der Waals surface area contributed by atoms with Gasteiger partial charge in [-0.2, -0.15) is 0 Å². The van der Waals surface area contributed by atoms with Crippen molar-refractivity contribution in [2.75, 3.05) is 11.9 Å². The van der Waals surface area contributed by atoms with E-state index >= 15 is 0 Å². The van der Waals surface area contributed by atoms with Gasteiger partial charge in [-0.1, -0.05) is 12.1 Å². The average Bonchev–Trinajstić information content (AvgIpc) is 3.62. The van der Waals surface area contributed by atoms with Crippen LogP contribution in [0.4, 0.5) is 14.5 Å². The summed E-state index contributed by atoms with van der Waals surface area (Å²) >= 11 is 3.05. The Balaban J connectivity index is 1.88. The number of anilines is 1. The predicted octanol–water partition coefficient (Wildman–Crippen LogP) is 5.32. The van der Waals surface area contributed by atoms with Crippen molar-refractivity contribution in [2.45, 2.75) is 25.8 Å². The summed E-state index contributed by atoms with van der Waals surface area (Å²) in [6, 6.07) is 9.04. The molecule has 9 heteroatoms. The molecule has 1 aliphatic rings. The van der Waals surface area contributed by atoms with Crippen molar-refractivity contribution < 1.29 is 23.1 Å². The van der Waals surface area contributed by atoms with E-state index in [2.05, 4.69) is 21.2 Å². The number of benzene rings is 2. The van der Waals surface area contributed by atoms with Crippen LogP contribution in [0.25, 0.3) is 11.1 Å². The fourth-order valence-electron chi connectivity index (χ4n) is 3.50. The zero-order chi connectivity index (χ0) is 23.7. The quantitative estimate of drug-likeness (QED) is 0.449. The summed E-state index contributed by atoms with van der Waals surface area (Å²) in [7, 11) is 0. The molecule has 0 aliphatic heterocycles. The summed E-state index contributed by atoms with van der Waals surface area (Å²) in [6.07, 6.45) is 2.86. The van der Waals surface area contributed by atoms with Crippen molar-refractivity contribution >= 4 is 33.5 Å². The lowest BCUT2D eigenvalue weighted by atomic mass is 10.00. The van der Waals surface area contributed by atoms with Gasteiger partial charge in [0.15, 0.2) is 0 Å². The second-order valence-corrected chi connectivity index (χ2v) is 8.40. The van der Waals surface area contributed by atoms with E-state index in [1.807, 2.05) is 0 Å². The van der Waals surface area contributed by atoms with Crippen molar-refractivity contribution in [1.29, 1.82) is 0 Å². The molecular formula is C24H19BrF2N2O4. The molecule has 0 radical (unpaired) electrons. The zero-order valence-electron chi connectivity index (χ0n) is 17.5. The minimum Gasteiger partial charge on any atom is -0.461 e. The Morgan fingerprint density at radius 1 is 1.15 bits per heavy atom. The summed E-state index contributed by atoms with van der Waals surface area (Å²) in [4.78, 5) is 39.4. The fraction of sp³-hybridized carbons (Fsp3) is 0.208. The maximum Gasteiger partial charge on any atom is 0.355 e. The van der Waals surface area contributed by atoms with Gasteiger partial charge in [0, 0.05) is 17.9 Å². The van der Waals surface area contributed by atoms with Gasteiger partial charge >= 0.3 is 5.97 Å². The number of pyridine rings is 1. The Bertz CT molecular complexity index is 1300. The second kappa shape index (κ2) is 9.27. The van der Waals surface area contributed by atoms with Crippen molar-refractivity contribution in [3.63, 3.8) is 0 Å². The molecule has 33 heavy (non-hydrogen) atoms. The highest BCUT2D eigenvalue weighted by molar-refractivity contribution is 9.10. The van der Waals surface area contributed by atoms with Gasteiger partial charge in [-0.3, -0.25) is 9.59 Å². The molecule has 3 aromatic rings. The van der Waals surface area contributed by atoms with Crippen molar-refractivity contribution in [1.82, 2.24) is 4.57 Å². The van der Waals surface area contributed by atoms with E-state index in [0.29, 0.717) is 0 Å². The lowest BCUT2D eigenvalue weighted by molar-refractivity contribution is 0.0513.